The summed E-state index contributed by atoms with van der Waals surface area (Å²) in [6.45, 7) is 5.12. The Hall–Kier alpha value is -1.04. The molecule has 0 radical (unpaired) electrons. The average Bonchev–Trinajstić information content (AvgIpc) is 2.78. The zero-order valence-corrected chi connectivity index (χ0v) is 12.1. The highest BCUT2D eigenvalue weighted by Crippen LogP contribution is 2.34. The smallest absolute Gasteiger partial charge is 0.321 e. The second-order valence-corrected chi connectivity index (χ2v) is 5.47. The van der Waals surface area contributed by atoms with E-state index in [0.717, 1.165) is 37.9 Å². The van der Waals surface area contributed by atoms with Crippen molar-refractivity contribution >= 4 is 0 Å². The van der Waals surface area contributed by atoms with Gasteiger partial charge < -0.3 is 9.88 Å². The van der Waals surface area contributed by atoms with Gasteiger partial charge in [-0.05, 0) is 13.3 Å². The van der Waals surface area contributed by atoms with Crippen molar-refractivity contribution in [2.45, 2.75) is 64.7 Å². The molecule has 1 atom stereocenters. The standard InChI is InChI=1S/C14H22F3N3/c1-3-4-5-6-10(2)20-12-7-8-18-9-11(12)19-13(20)14(15,16)17/h10,18H,3-9H2,1-2H3. The highest BCUT2D eigenvalue weighted by atomic mass is 19.4. The summed E-state index contributed by atoms with van der Waals surface area (Å²) in [6.07, 6.45) is 0.106. The topological polar surface area (TPSA) is 29.9 Å². The maximum Gasteiger partial charge on any atom is 0.449 e. The third-order valence-electron chi connectivity index (χ3n) is 3.84. The quantitative estimate of drug-likeness (QED) is 0.838. The van der Waals surface area contributed by atoms with Crippen LogP contribution in [0.2, 0.25) is 0 Å². The molecular formula is C14H22F3N3. The zero-order valence-electron chi connectivity index (χ0n) is 12.1. The fourth-order valence-corrected chi connectivity index (χ4v) is 2.83. The van der Waals surface area contributed by atoms with Crippen LogP contribution in [0, 0.1) is 0 Å². The van der Waals surface area contributed by atoms with Gasteiger partial charge in [0, 0.05) is 31.2 Å². The third kappa shape index (κ3) is 3.16. The van der Waals surface area contributed by atoms with E-state index >= 15 is 0 Å². The van der Waals surface area contributed by atoms with E-state index in [9.17, 15) is 13.2 Å². The van der Waals surface area contributed by atoms with Crippen molar-refractivity contribution in [2.75, 3.05) is 6.54 Å². The molecule has 20 heavy (non-hydrogen) atoms. The van der Waals surface area contributed by atoms with Crippen molar-refractivity contribution in [1.82, 2.24) is 14.9 Å². The molecule has 0 fully saturated rings. The monoisotopic (exact) mass is 289 g/mol. The van der Waals surface area contributed by atoms with E-state index in [2.05, 4.69) is 17.2 Å². The molecule has 1 aromatic heterocycles. The summed E-state index contributed by atoms with van der Waals surface area (Å²) in [5.74, 6) is -0.727. The molecule has 0 aromatic carbocycles. The van der Waals surface area contributed by atoms with Gasteiger partial charge in [-0.2, -0.15) is 13.2 Å². The lowest BCUT2D eigenvalue weighted by Crippen LogP contribution is -2.26. The summed E-state index contributed by atoms with van der Waals surface area (Å²) < 4.78 is 41.0. The van der Waals surface area contributed by atoms with E-state index in [1.807, 2.05) is 6.92 Å². The number of hydrogen-bond acceptors (Lipinski definition) is 2. The Labute approximate surface area is 117 Å². The van der Waals surface area contributed by atoms with E-state index in [1.54, 1.807) is 0 Å². The number of alkyl halides is 3. The summed E-state index contributed by atoms with van der Waals surface area (Å²) in [5.41, 5.74) is 1.32. The minimum atomic E-state index is -4.38. The second-order valence-electron chi connectivity index (χ2n) is 5.47. The van der Waals surface area contributed by atoms with Gasteiger partial charge in [-0.15, -0.1) is 0 Å². The molecule has 0 bridgehead atoms. The Morgan fingerprint density at radius 1 is 1.35 bits per heavy atom. The molecule has 0 saturated heterocycles. The van der Waals surface area contributed by atoms with Crippen LogP contribution in [-0.2, 0) is 19.1 Å². The predicted octanol–water partition coefficient (Wildman–Crippen LogP) is 3.69. The lowest BCUT2D eigenvalue weighted by Gasteiger charge is -2.22. The number of nitrogens with one attached hydrogen (secondary N) is 1. The van der Waals surface area contributed by atoms with E-state index in [1.165, 1.54) is 4.57 Å². The van der Waals surface area contributed by atoms with Gasteiger partial charge in [0.25, 0.3) is 0 Å². The van der Waals surface area contributed by atoms with Gasteiger partial charge in [0.1, 0.15) is 0 Å². The molecule has 6 heteroatoms. The lowest BCUT2D eigenvalue weighted by atomic mass is 10.1. The Kier molecular flexibility index (Phi) is 4.73. The van der Waals surface area contributed by atoms with E-state index < -0.39 is 12.0 Å². The molecule has 0 aliphatic carbocycles. The highest BCUT2D eigenvalue weighted by molar-refractivity contribution is 5.22. The third-order valence-corrected chi connectivity index (χ3v) is 3.84. The van der Waals surface area contributed by atoms with Crippen LogP contribution in [0.1, 0.15) is 62.8 Å². The van der Waals surface area contributed by atoms with Crippen molar-refractivity contribution in [2.24, 2.45) is 0 Å². The van der Waals surface area contributed by atoms with Crippen LogP contribution >= 0.6 is 0 Å². The lowest BCUT2D eigenvalue weighted by molar-refractivity contribution is -0.148. The molecule has 1 N–H and O–H groups in total. The maximum atomic E-state index is 13.2. The number of unbranched alkanes of at least 4 members (excludes halogenated alkanes) is 2. The molecule has 1 aromatic rings. The van der Waals surface area contributed by atoms with Crippen molar-refractivity contribution in [1.29, 1.82) is 0 Å². The predicted molar refractivity (Wildman–Crippen MR) is 71.5 cm³/mol. The first-order chi connectivity index (χ1) is 9.45. The molecule has 2 heterocycles. The van der Waals surface area contributed by atoms with Crippen molar-refractivity contribution in [3.05, 3.63) is 17.2 Å². The normalized spacial score (nSPS) is 17.1. The number of rotatable bonds is 5. The minimum Gasteiger partial charge on any atom is -0.321 e. The number of aromatic nitrogens is 2. The summed E-state index contributed by atoms with van der Waals surface area (Å²) in [7, 11) is 0. The van der Waals surface area contributed by atoms with E-state index in [0.29, 0.717) is 18.7 Å². The molecule has 114 valence electrons. The van der Waals surface area contributed by atoms with E-state index in [4.69, 9.17) is 0 Å². The van der Waals surface area contributed by atoms with Crippen LogP contribution in [0.4, 0.5) is 13.2 Å². The molecular weight excluding hydrogens is 267 g/mol. The summed E-state index contributed by atoms with van der Waals surface area (Å²) >= 11 is 0. The largest absolute Gasteiger partial charge is 0.449 e. The van der Waals surface area contributed by atoms with Gasteiger partial charge in [0.05, 0.1) is 5.69 Å². The first-order valence-electron chi connectivity index (χ1n) is 7.33. The fraction of sp³-hybridized carbons (Fsp3) is 0.786. The van der Waals surface area contributed by atoms with Crippen LogP contribution in [-0.4, -0.2) is 16.1 Å². The SMILES string of the molecule is CCCCCC(C)n1c(C(F)(F)F)nc2c1CCNC2. The van der Waals surface area contributed by atoms with Crippen LogP contribution in [0.3, 0.4) is 0 Å². The number of hydrogen-bond donors (Lipinski definition) is 1. The summed E-state index contributed by atoms with van der Waals surface area (Å²) in [4.78, 5) is 3.85. The van der Waals surface area contributed by atoms with Crippen molar-refractivity contribution in [3.8, 4) is 0 Å². The maximum absolute atomic E-state index is 13.2. The van der Waals surface area contributed by atoms with Crippen LogP contribution < -0.4 is 5.32 Å². The van der Waals surface area contributed by atoms with E-state index in [-0.39, 0.29) is 6.04 Å². The van der Waals surface area contributed by atoms with Gasteiger partial charge in [-0.1, -0.05) is 26.2 Å². The van der Waals surface area contributed by atoms with Crippen LogP contribution in [0.25, 0.3) is 0 Å². The van der Waals surface area contributed by atoms with Gasteiger partial charge in [-0.3, -0.25) is 0 Å². The molecule has 1 unspecified atom stereocenters. The molecule has 0 amide bonds. The number of imidazole rings is 1. The fourth-order valence-electron chi connectivity index (χ4n) is 2.83. The van der Waals surface area contributed by atoms with Crippen LogP contribution in [0.15, 0.2) is 0 Å². The Balaban J connectivity index is 2.30. The first kappa shape index (κ1) is 15.4. The van der Waals surface area contributed by atoms with Gasteiger partial charge in [0.2, 0.25) is 5.82 Å². The van der Waals surface area contributed by atoms with Gasteiger partial charge in [0.15, 0.2) is 0 Å². The number of nitrogens with zero attached hydrogens (tertiary/aromatic N) is 2. The number of halogens is 3. The Bertz CT molecular complexity index is 451. The Morgan fingerprint density at radius 3 is 2.75 bits per heavy atom. The minimum absolute atomic E-state index is 0.146. The summed E-state index contributed by atoms with van der Waals surface area (Å²) in [6, 6.07) is -0.146. The Morgan fingerprint density at radius 2 is 2.10 bits per heavy atom. The van der Waals surface area contributed by atoms with Crippen LogP contribution in [0.5, 0.6) is 0 Å². The van der Waals surface area contributed by atoms with Crippen molar-refractivity contribution in [3.63, 3.8) is 0 Å². The van der Waals surface area contributed by atoms with Crippen molar-refractivity contribution < 1.29 is 13.2 Å². The highest BCUT2D eigenvalue weighted by Gasteiger charge is 2.40. The first-order valence-corrected chi connectivity index (χ1v) is 7.33. The number of fused-ring (bicyclic) bond motifs is 1. The summed E-state index contributed by atoms with van der Waals surface area (Å²) in [5, 5.41) is 3.08. The van der Waals surface area contributed by atoms with Gasteiger partial charge >= 0.3 is 6.18 Å². The molecule has 0 saturated carbocycles. The average molecular weight is 289 g/mol. The molecule has 0 spiro atoms. The second kappa shape index (κ2) is 6.16. The molecule has 3 nitrogen and oxygen atoms in total. The molecule has 2 rings (SSSR count). The zero-order chi connectivity index (χ0) is 14.8. The molecule has 1 aliphatic rings. The molecule has 1 aliphatic heterocycles. The van der Waals surface area contributed by atoms with Gasteiger partial charge in [-0.25, -0.2) is 4.98 Å².